The first-order chi connectivity index (χ1) is 8.08. The van der Waals surface area contributed by atoms with Crippen molar-refractivity contribution in [1.29, 1.82) is 0 Å². The first kappa shape index (κ1) is 12.9. The van der Waals surface area contributed by atoms with E-state index in [-0.39, 0.29) is 0 Å². The number of hydrogen-bond donors (Lipinski definition) is 1. The number of rotatable bonds is 4. The smallest absolute Gasteiger partial charge is 0.0440 e. The Morgan fingerprint density at radius 1 is 1.18 bits per heavy atom. The number of halogens is 1. The topological polar surface area (TPSA) is 12.0 Å². The van der Waals surface area contributed by atoms with Crippen LogP contribution in [0.5, 0.6) is 0 Å². The lowest BCUT2D eigenvalue weighted by Crippen LogP contribution is -2.46. The van der Waals surface area contributed by atoms with Crippen molar-refractivity contribution in [3.8, 4) is 0 Å². The Labute approximate surface area is 110 Å². The van der Waals surface area contributed by atoms with E-state index in [1.54, 1.807) is 0 Å². The standard InChI is InChI=1S/C15H22ClN/c1-10(2)11(3)17-13-8-12(9-13)14-6-4-5-7-15(14)16/h4-7,10-13,17H,8-9H2,1-3H3. The average molecular weight is 252 g/mol. The highest BCUT2D eigenvalue weighted by molar-refractivity contribution is 6.31. The third-order valence-corrected chi connectivity index (χ3v) is 4.33. The van der Waals surface area contributed by atoms with Gasteiger partial charge >= 0.3 is 0 Å². The number of nitrogens with one attached hydrogen (secondary N) is 1. The van der Waals surface area contributed by atoms with Gasteiger partial charge in [0.25, 0.3) is 0 Å². The van der Waals surface area contributed by atoms with E-state index in [4.69, 9.17) is 11.6 Å². The molecule has 1 N–H and O–H groups in total. The number of benzene rings is 1. The van der Waals surface area contributed by atoms with Gasteiger partial charge in [0.1, 0.15) is 0 Å². The van der Waals surface area contributed by atoms with Crippen molar-refractivity contribution in [1.82, 2.24) is 5.32 Å². The second-order valence-electron chi connectivity index (χ2n) is 5.59. The highest BCUT2D eigenvalue weighted by Gasteiger charge is 2.32. The molecule has 0 bridgehead atoms. The lowest BCUT2D eigenvalue weighted by Gasteiger charge is -2.39. The molecular formula is C15H22ClN. The summed E-state index contributed by atoms with van der Waals surface area (Å²) in [5.41, 5.74) is 1.32. The normalized spacial score (nSPS) is 25.7. The molecule has 17 heavy (non-hydrogen) atoms. The predicted molar refractivity (Wildman–Crippen MR) is 74.7 cm³/mol. The van der Waals surface area contributed by atoms with Gasteiger partial charge in [-0.3, -0.25) is 0 Å². The summed E-state index contributed by atoms with van der Waals surface area (Å²) >= 11 is 6.22. The molecule has 0 amide bonds. The van der Waals surface area contributed by atoms with Crippen LogP contribution in [-0.4, -0.2) is 12.1 Å². The van der Waals surface area contributed by atoms with E-state index >= 15 is 0 Å². The van der Waals surface area contributed by atoms with Gasteiger partial charge in [0, 0.05) is 17.1 Å². The van der Waals surface area contributed by atoms with Gasteiger partial charge in [0.2, 0.25) is 0 Å². The van der Waals surface area contributed by atoms with Crippen LogP contribution < -0.4 is 5.32 Å². The predicted octanol–water partition coefficient (Wildman–Crippen LogP) is 4.22. The van der Waals surface area contributed by atoms with Crippen LogP contribution in [0, 0.1) is 5.92 Å². The summed E-state index contributed by atoms with van der Waals surface area (Å²) in [6.45, 7) is 6.80. The Hall–Kier alpha value is -0.530. The monoisotopic (exact) mass is 251 g/mol. The van der Waals surface area contributed by atoms with Gasteiger partial charge in [-0.1, -0.05) is 43.6 Å². The Morgan fingerprint density at radius 2 is 1.82 bits per heavy atom. The van der Waals surface area contributed by atoms with Crippen molar-refractivity contribution in [3.05, 3.63) is 34.9 Å². The molecule has 2 heteroatoms. The molecule has 0 saturated heterocycles. The van der Waals surface area contributed by atoms with E-state index in [1.807, 2.05) is 12.1 Å². The van der Waals surface area contributed by atoms with E-state index < -0.39 is 0 Å². The zero-order valence-electron chi connectivity index (χ0n) is 10.9. The van der Waals surface area contributed by atoms with E-state index in [2.05, 4.69) is 38.2 Å². The van der Waals surface area contributed by atoms with E-state index in [1.165, 1.54) is 18.4 Å². The molecule has 1 aliphatic rings. The number of hydrogen-bond acceptors (Lipinski definition) is 1. The van der Waals surface area contributed by atoms with Crippen LogP contribution in [0.3, 0.4) is 0 Å². The molecule has 1 fully saturated rings. The molecule has 1 aromatic rings. The quantitative estimate of drug-likeness (QED) is 0.845. The van der Waals surface area contributed by atoms with Crippen LogP contribution in [0.4, 0.5) is 0 Å². The molecule has 1 atom stereocenters. The summed E-state index contributed by atoms with van der Waals surface area (Å²) in [6.07, 6.45) is 2.45. The molecule has 0 spiro atoms. The second-order valence-corrected chi connectivity index (χ2v) is 5.99. The summed E-state index contributed by atoms with van der Waals surface area (Å²) in [4.78, 5) is 0. The summed E-state index contributed by atoms with van der Waals surface area (Å²) in [7, 11) is 0. The van der Waals surface area contributed by atoms with Gasteiger partial charge in [0.05, 0.1) is 0 Å². The fraction of sp³-hybridized carbons (Fsp3) is 0.600. The lowest BCUT2D eigenvalue weighted by atomic mass is 9.75. The minimum absolute atomic E-state index is 0.604. The maximum atomic E-state index is 6.22. The molecular weight excluding hydrogens is 230 g/mol. The van der Waals surface area contributed by atoms with Gasteiger partial charge < -0.3 is 5.32 Å². The average Bonchev–Trinajstić information content (AvgIpc) is 2.24. The Morgan fingerprint density at radius 3 is 2.41 bits per heavy atom. The van der Waals surface area contributed by atoms with Gasteiger partial charge in [-0.2, -0.15) is 0 Å². The maximum absolute atomic E-state index is 6.22. The highest BCUT2D eigenvalue weighted by Crippen LogP contribution is 2.40. The fourth-order valence-electron chi connectivity index (χ4n) is 2.38. The van der Waals surface area contributed by atoms with Crippen molar-refractivity contribution in [2.45, 2.75) is 51.6 Å². The third-order valence-electron chi connectivity index (χ3n) is 3.98. The molecule has 1 aromatic carbocycles. The van der Waals surface area contributed by atoms with Crippen molar-refractivity contribution in [3.63, 3.8) is 0 Å². The largest absolute Gasteiger partial charge is 0.311 e. The van der Waals surface area contributed by atoms with Crippen LogP contribution in [0.15, 0.2) is 24.3 Å². The highest BCUT2D eigenvalue weighted by atomic mass is 35.5. The van der Waals surface area contributed by atoms with Gasteiger partial charge in [0.15, 0.2) is 0 Å². The van der Waals surface area contributed by atoms with Crippen molar-refractivity contribution >= 4 is 11.6 Å². The SMILES string of the molecule is CC(C)C(C)NC1CC(c2ccccc2Cl)C1. The molecule has 0 aromatic heterocycles. The zero-order chi connectivity index (χ0) is 12.4. The van der Waals surface area contributed by atoms with Gasteiger partial charge in [-0.05, 0) is 43.2 Å². The minimum Gasteiger partial charge on any atom is -0.311 e. The Bertz CT molecular complexity index is 369. The van der Waals surface area contributed by atoms with Crippen LogP contribution >= 0.6 is 11.6 Å². The first-order valence-corrected chi connectivity index (χ1v) is 6.96. The van der Waals surface area contributed by atoms with Crippen molar-refractivity contribution in [2.24, 2.45) is 5.92 Å². The molecule has 2 rings (SSSR count). The van der Waals surface area contributed by atoms with E-state index in [0.29, 0.717) is 23.9 Å². The lowest BCUT2D eigenvalue weighted by molar-refractivity contribution is 0.248. The van der Waals surface area contributed by atoms with E-state index in [9.17, 15) is 0 Å². The maximum Gasteiger partial charge on any atom is 0.0440 e. The van der Waals surface area contributed by atoms with Crippen LogP contribution in [-0.2, 0) is 0 Å². The molecule has 1 nitrogen and oxygen atoms in total. The molecule has 1 saturated carbocycles. The molecule has 1 unspecified atom stereocenters. The summed E-state index contributed by atoms with van der Waals surface area (Å²) < 4.78 is 0. The third kappa shape index (κ3) is 3.02. The fourth-order valence-corrected chi connectivity index (χ4v) is 2.67. The molecule has 0 radical (unpaired) electrons. The van der Waals surface area contributed by atoms with Gasteiger partial charge in [-0.25, -0.2) is 0 Å². The van der Waals surface area contributed by atoms with Crippen LogP contribution in [0.1, 0.15) is 45.1 Å². The summed E-state index contributed by atoms with van der Waals surface area (Å²) in [5, 5.41) is 4.62. The van der Waals surface area contributed by atoms with E-state index in [0.717, 1.165) is 5.02 Å². The van der Waals surface area contributed by atoms with Gasteiger partial charge in [-0.15, -0.1) is 0 Å². The first-order valence-electron chi connectivity index (χ1n) is 6.58. The zero-order valence-corrected chi connectivity index (χ0v) is 11.7. The Balaban J connectivity index is 1.85. The van der Waals surface area contributed by atoms with Crippen LogP contribution in [0.25, 0.3) is 0 Å². The van der Waals surface area contributed by atoms with Crippen LogP contribution in [0.2, 0.25) is 5.02 Å². The van der Waals surface area contributed by atoms with Crippen molar-refractivity contribution < 1.29 is 0 Å². The molecule has 94 valence electrons. The van der Waals surface area contributed by atoms with Crippen molar-refractivity contribution in [2.75, 3.05) is 0 Å². The molecule has 0 aliphatic heterocycles. The summed E-state index contributed by atoms with van der Waals surface area (Å²) in [6, 6.07) is 9.52. The minimum atomic E-state index is 0.604. The second kappa shape index (κ2) is 5.41. The summed E-state index contributed by atoms with van der Waals surface area (Å²) in [5.74, 6) is 1.36. The molecule has 1 aliphatic carbocycles. The molecule has 0 heterocycles. The Kier molecular flexibility index (Phi) is 4.11.